The number of amides is 1. The van der Waals surface area contributed by atoms with E-state index in [0.717, 1.165) is 43.9 Å². The highest BCUT2D eigenvalue weighted by molar-refractivity contribution is 5.79. The third-order valence-electron chi connectivity index (χ3n) is 7.72. The fraction of sp³-hybridized carbons (Fsp3) is 0.720. The average Bonchev–Trinajstić information content (AvgIpc) is 2.75. The van der Waals surface area contributed by atoms with Crippen LogP contribution in [0.3, 0.4) is 0 Å². The number of benzene rings is 1. The standard InChI is InChI=1S/C25H38N2O/c1-20-7-5-11-24(17-20)27-14-6-10-23(19-27)25(28)26-15-12-22(13-16-26)18-21-8-3-2-4-9-21/h2-4,8-9,20,22-24H,5-7,10-19H2,1H3/p+1/t20-,23+,24+/m1/s1. The zero-order valence-electron chi connectivity index (χ0n) is 17.7. The van der Waals surface area contributed by atoms with Crippen molar-refractivity contribution in [1.29, 1.82) is 0 Å². The Bertz CT molecular complexity index is 623. The Morgan fingerprint density at radius 3 is 2.57 bits per heavy atom. The van der Waals surface area contributed by atoms with Gasteiger partial charge in [0.2, 0.25) is 5.91 Å². The van der Waals surface area contributed by atoms with Gasteiger partial charge in [0.25, 0.3) is 0 Å². The van der Waals surface area contributed by atoms with Crippen LogP contribution in [-0.2, 0) is 11.2 Å². The van der Waals surface area contributed by atoms with Crippen molar-refractivity contribution >= 4 is 5.91 Å². The molecule has 2 aliphatic heterocycles. The summed E-state index contributed by atoms with van der Waals surface area (Å²) in [4.78, 5) is 17.2. The normalized spacial score (nSPS) is 32.2. The van der Waals surface area contributed by atoms with E-state index in [1.807, 2.05) is 0 Å². The van der Waals surface area contributed by atoms with E-state index in [-0.39, 0.29) is 5.92 Å². The third-order valence-corrected chi connectivity index (χ3v) is 7.72. The van der Waals surface area contributed by atoms with E-state index < -0.39 is 0 Å². The molecule has 1 aromatic carbocycles. The summed E-state index contributed by atoms with van der Waals surface area (Å²) in [5.41, 5.74) is 1.44. The molecule has 1 amide bonds. The predicted octanol–water partition coefficient (Wildman–Crippen LogP) is 3.34. The van der Waals surface area contributed by atoms with Gasteiger partial charge in [0.1, 0.15) is 0 Å². The van der Waals surface area contributed by atoms with E-state index >= 15 is 0 Å². The summed E-state index contributed by atoms with van der Waals surface area (Å²) in [6.07, 6.45) is 11.4. The Balaban J connectivity index is 1.26. The number of hydrogen-bond donors (Lipinski definition) is 1. The van der Waals surface area contributed by atoms with Crippen LogP contribution in [0.15, 0.2) is 30.3 Å². The van der Waals surface area contributed by atoms with Crippen molar-refractivity contribution < 1.29 is 9.69 Å². The number of likely N-dealkylation sites (tertiary alicyclic amines) is 2. The Kier molecular flexibility index (Phi) is 6.72. The number of nitrogens with one attached hydrogen (secondary N) is 1. The number of piperidine rings is 2. The first kappa shape index (κ1) is 19.9. The molecule has 0 spiro atoms. The fourth-order valence-electron chi connectivity index (χ4n) is 6.05. The summed E-state index contributed by atoms with van der Waals surface area (Å²) < 4.78 is 0. The maximum Gasteiger partial charge on any atom is 0.231 e. The Morgan fingerprint density at radius 2 is 1.82 bits per heavy atom. The lowest BCUT2D eigenvalue weighted by atomic mass is 9.84. The van der Waals surface area contributed by atoms with Gasteiger partial charge in [0.15, 0.2) is 0 Å². The number of hydrogen-bond acceptors (Lipinski definition) is 1. The van der Waals surface area contributed by atoms with Gasteiger partial charge < -0.3 is 9.80 Å². The summed E-state index contributed by atoms with van der Waals surface area (Å²) in [5, 5.41) is 0. The topological polar surface area (TPSA) is 24.8 Å². The van der Waals surface area contributed by atoms with Crippen LogP contribution >= 0.6 is 0 Å². The van der Waals surface area contributed by atoms with Gasteiger partial charge in [-0.05, 0) is 62.3 Å². The van der Waals surface area contributed by atoms with Crippen LogP contribution in [0.1, 0.15) is 63.9 Å². The number of carbonyl (C=O) groups is 1. The summed E-state index contributed by atoms with van der Waals surface area (Å²) >= 11 is 0. The second-order valence-corrected chi connectivity index (χ2v) is 9.88. The minimum Gasteiger partial charge on any atom is -0.342 e. The van der Waals surface area contributed by atoms with Gasteiger partial charge in [-0.25, -0.2) is 0 Å². The monoisotopic (exact) mass is 383 g/mol. The van der Waals surface area contributed by atoms with Crippen LogP contribution in [0.25, 0.3) is 0 Å². The molecule has 1 saturated carbocycles. The van der Waals surface area contributed by atoms with Crippen LogP contribution in [0.4, 0.5) is 0 Å². The number of carbonyl (C=O) groups excluding carboxylic acids is 1. The largest absolute Gasteiger partial charge is 0.342 e. The lowest BCUT2D eigenvalue weighted by molar-refractivity contribution is -0.934. The number of quaternary nitrogens is 1. The molecule has 1 unspecified atom stereocenters. The third kappa shape index (κ3) is 4.97. The van der Waals surface area contributed by atoms with Crippen LogP contribution in [-0.4, -0.2) is 43.0 Å². The van der Waals surface area contributed by atoms with Gasteiger partial charge in [-0.15, -0.1) is 0 Å². The molecule has 0 aromatic heterocycles. The van der Waals surface area contributed by atoms with Crippen molar-refractivity contribution in [3.05, 3.63) is 35.9 Å². The lowest BCUT2D eigenvalue weighted by Gasteiger charge is -2.40. The van der Waals surface area contributed by atoms with Gasteiger partial charge in [-0.3, -0.25) is 4.79 Å². The molecule has 1 aliphatic carbocycles. The second kappa shape index (κ2) is 9.43. The quantitative estimate of drug-likeness (QED) is 0.847. The molecule has 28 heavy (non-hydrogen) atoms. The van der Waals surface area contributed by atoms with Crippen molar-refractivity contribution in [2.45, 2.75) is 70.8 Å². The summed E-state index contributed by atoms with van der Waals surface area (Å²) in [6, 6.07) is 11.7. The van der Waals surface area contributed by atoms with E-state index in [1.54, 1.807) is 4.90 Å². The molecule has 2 saturated heterocycles. The summed E-state index contributed by atoms with van der Waals surface area (Å²) in [5.74, 6) is 2.38. The predicted molar refractivity (Wildman–Crippen MR) is 114 cm³/mol. The second-order valence-electron chi connectivity index (χ2n) is 9.88. The van der Waals surface area contributed by atoms with Gasteiger partial charge in [-0.2, -0.15) is 0 Å². The van der Waals surface area contributed by atoms with E-state index in [4.69, 9.17) is 0 Å². The first-order chi connectivity index (χ1) is 13.7. The molecule has 3 heteroatoms. The number of rotatable bonds is 4. The van der Waals surface area contributed by atoms with Gasteiger partial charge in [0.05, 0.1) is 25.0 Å². The van der Waals surface area contributed by atoms with Crippen molar-refractivity contribution in [2.24, 2.45) is 17.8 Å². The maximum atomic E-state index is 13.2. The van der Waals surface area contributed by atoms with Crippen molar-refractivity contribution in [2.75, 3.05) is 26.2 Å². The molecule has 3 aliphatic rings. The van der Waals surface area contributed by atoms with E-state index in [9.17, 15) is 4.79 Å². The molecule has 154 valence electrons. The van der Waals surface area contributed by atoms with Gasteiger partial charge >= 0.3 is 0 Å². The molecule has 1 N–H and O–H groups in total. The van der Waals surface area contributed by atoms with E-state index in [1.165, 1.54) is 63.5 Å². The smallest absolute Gasteiger partial charge is 0.231 e. The number of nitrogens with zero attached hydrogens (tertiary/aromatic N) is 1. The first-order valence-corrected chi connectivity index (χ1v) is 11.9. The average molecular weight is 384 g/mol. The van der Waals surface area contributed by atoms with Crippen molar-refractivity contribution in [3.63, 3.8) is 0 Å². The SMILES string of the molecule is C[C@@H]1CCC[C@H]([NH+]2CCC[C@H](C(=O)N3CCC(Cc4ccccc4)CC3)C2)C1. The Morgan fingerprint density at radius 1 is 1.04 bits per heavy atom. The van der Waals surface area contributed by atoms with Crippen LogP contribution in [0.2, 0.25) is 0 Å². The molecule has 3 nitrogen and oxygen atoms in total. The van der Waals surface area contributed by atoms with Crippen LogP contribution in [0.5, 0.6) is 0 Å². The first-order valence-electron chi connectivity index (χ1n) is 11.9. The summed E-state index contributed by atoms with van der Waals surface area (Å²) in [7, 11) is 0. The van der Waals surface area contributed by atoms with Gasteiger partial charge in [-0.1, -0.05) is 43.7 Å². The van der Waals surface area contributed by atoms with Crippen molar-refractivity contribution in [1.82, 2.24) is 4.90 Å². The van der Waals surface area contributed by atoms with Gasteiger partial charge in [0, 0.05) is 19.5 Å². The molecule has 3 fully saturated rings. The minimum atomic E-state index is 0.284. The van der Waals surface area contributed by atoms with Crippen molar-refractivity contribution in [3.8, 4) is 0 Å². The minimum absolute atomic E-state index is 0.284. The van der Waals surface area contributed by atoms with E-state index in [0.29, 0.717) is 5.91 Å². The zero-order valence-corrected chi connectivity index (χ0v) is 17.7. The summed E-state index contributed by atoms with van der Waals surface area (Å²) in [6.45, 7) is 6.75. The highest BCUT2D eigenvalue weighted by atomic mass is 16.2. The lowest BCUT2D eigenvalue weighted by Crippen LogP contribution is -3.17. The molecule has 4 rings (SSSR count). The van der Waals surface area contributed by atoms with E-state index in [2.05, 4.69) is 42.2 Å². The Hall–Kier alpha value is -1.35. The molecule has 4 atom stereocenters. The highest BCUT2D eigenvalue weighted by Gasteiger charge is 2.37. The molecule has 1 aromatic rings. The maximum absolute atomic E-state index is 13.2. The fourth-order valence-corrected chi connectivity index (χ4v) is 6.05. The molecule has 2 heterocycles. The Labute approximate surface area is 171 Å². The molecular formula is C25H39N2O+. The zero-order chi connectivity index (χ0) is 19.3. The van der Waals surface area contributed by atoms with Crippen LogP contribution < -0.4 is 4.90 Å². The molecule has 0 bridgehead atoms. The molecule has 0 radical (unpaired) electrons. The van der Waals surface area contributed by atoms with Crippen LogP contribution in [0, 0.1) is 17.8 Å². The highest BCUT2D eigenvalue weighted by Crippen LogP contribution is 2.25. The molecular weight excluding hydrogens is 344 g/mol.